The number of carbonyl (C=O) groups is 2. The first-order valence-corrected chi connectivity index (χ1v) is 6.48. The van der Waals surface area contributed by atoms with Gasteiger partial charge < -0.3 is 9.47 Å². The van der Waals surface area contributed by atoms with Crippen LogP contribution >= 0.6 is 0 Å². The van der Waals surface area contributed by atoms with Crippen LogP contribution in [0, 0.1) is 5.41 Å². The topological polar surface area (TPSA) is 70.4 Å². The van der Waals surface area contributed by atoms with Crippen molar-refractivity contribution in [3.8, 4) is 0 Å². The Hall–Kier alpha value is -1.99. The van der Waals surface area contributed by atoms with Gasteiger partial charge in [-0.3, -0.25) is 4.79 Å². The predicted octanol–water partition coefficient (Wildman–Crippen LogP) is 2.23. The molecular formula is C13H16F2N2O4. The molecular weight excluding hydrogens is 286 g/mol. The predicted molar refractivity (Wildman–Crippen MR) is 66.8 cm³/mol. The molecule has 0 spiro atoms. The Morgan fingerprint density at radius 1 is 1.38 bits per heavy atom. The summed E-state index contributed by atoms with van der Waals surface area (Å²) in [4.78, 5) is 27.3. The molecule has 6 nitrogen and oxygen atoms in total. The van der Waals surface area contributed by atoms with Gasteiger partial charge in [-0.1, -0.05) is 0 Å². The molecule has 2 rings (SSSR count). The minimum atomic E-state index is -2.93. The van der Waals surface area contributed by atoms with Gasteiger partial charge in [0.15, 0.2) is 0 Å². The Morgan fingerprint density at radius 3 is 2.52 bits per heavy atom. The number of alkyl halides is 2. The second-order valence-corrected chi connectivity index (χ2v) is 5.47. The molecule has 1 fully saturated rings. The number of rotatable bonds is 4. The molecule has 1 aromatic rings. The van der Waals surface area contributed by atoms with Crippen molar-refractivity contribution in [2.75, 3.05) is 6.61 Å². The minimum absolute atomic E-state index is 0.423. The minimum Gasteiger partial charge on any atom is -0.462 e. The van der Waals surface area contributed by atoms with Gasteiger partial charge in [0.1, 0.15) is 18.3 Å². The molecule has 0 aromatic carbocycles. The second-order valence-electron chi connectivity index (χ2n) is 5.47. The maximum absolute atomic E-state index is 13.2. The monoisotopic (exact) mass is 302 g/mol. The molecule has 116 valence electrons. The van der Waals surface area contributed by atoms with Crippen molar-refractivity contribution in [2.24, 2.45) is 5.41 Å². The van der Waals surface area contributed by atoms with Crippen molar-refractivity contribution >= 4 is 12.1 Å². The summed E-state index contributed by atoms with van der Waals surface area (Å²) >= 11 is 0. The number of ether oxygens (including phenoxy) is 2. The number of hydrogen-bond acceptors (Lipinski definition) is 5. The van der Waals surface area contributed by atoms with Gasteiger partial charge in [-0.15, -0.1) is 0 Å². The largest absolute Gasteiger partial charge is 0.462 e. The zero-order valence-corrected chi connectivity index (χ0v) is 11.7. The van der Waals surface area contributed by atoms with Crippen LogP contribution < -0.4 is 0 Å². The zero-order valence-electron chi connectivity index (χ0n) is 11.7. The molecule has 0 saturated heterocycles. The van der Waals surface area contributed by atoms with E-state index in [-0.39, 0.29) is 0 Å². The average Bonchev–Trinajstić information content (AvgIpc) is 2.85. The van der Waals surface area contributed by atoms with Crippen LogP contribution in [0.2, 0.25) is 0 Å². The Kier molecular flexibility index (Phi) is 3.97. The van der Waals surface area contributed by atoms with Crippen LogP contribution in [0.4, 0.5) is 13.6 Å². The summed E-state index contributed by atoms with van der Waals surface area (Å²) in [5, 5.41) is 0. The van der Waals surface area contributed by atoms with E-state index in [9.17, 15) is 18.4 Å². The molecule has 8 heteroatoms. The molecule has 0 amide bonds. The van der Waals surface area contributed by atoms with Crippen molar-refractivity contribution in [1.29, 1.82) is 0 Å². The number of halogens is 2. The maximum Gasteiger partial charge on any atom is 0.419 e. The number of hydrogen-bond donors (Lipinski definition) is 0. The van der Waals surface area contributed by atoms with Gasteiger partial charge in [-0.2, -0.15) is 0 Å². The summed E-state index contributed by atoms with van der Waals surface area (Å²) in [6.45, 7) is 2.81. The van der Waals surface area contributed by atoms with E-state index in [1.807, 2.05) is 0 Å². The van der Waals surface area contributed by atoms with Crippen molar-refractivity contribution in [2.45, 2.75) is 38.7 Å². The maximum atomic E-state index is 13.2. The van der Waals surface area contributed by atoms with E-state index >= 15 is 0 Å². The van der Waals surface area contributed by atoms with Gasteiger partial charge in [-0.25, -0.2) is 23.1 Å². The molecule has 0 radical (unpaired) electrons. The van der Waals surface area contributed by atoms with E-state index in [2.05, 4.69) is 4.98 Å². The first-order valence-electron chi connectivity index (χ1n) is 6.48. The number of nitrogens with zero attached hydrogens (tertiary/aromatic N) is 2. The highest BCUT2D eigenvalue weighted by Gasteiger charge is 2.62. The Balaban J connectivity index is 2.01. The van der Waals surface area contributed by atoms with Gasteiger partial charge >= 0.3 is 12.1 Å². The first kappa shape index (κ1) is 15.4. The molecule has 1 heterocycles. The third-order valence-electron chi connectivity index (χ3n) is 3.16. The van der Waals surface area contributed by atoms with E-state index in [0.29, 0.717) is 0 Å². The Bertz CT molecular complexity index is 520. The standard InChI is InChI=1S/C13H16F2N2O4/c1-9(2)21-10(18)12(5-13(14,15)6-12)7-20-11(19)17-4-3-16-8-17/h3-4,8-9H,5-7H2,1-2H3. The summed E-state index contributed by atoms with van der Waals surface area (Å²) in [5.41, 5.74) is -1.47. The van der Waals surface area contributed by atoms with Gasteiger partial charge in [0.05, 0.1) is 6.10 Å². The first-order chi connectivity index (χ1) is 9.74. The number of esters is 1. The average molecular weight is 302 g/mol. The molecule has 0 N–H and O–H groups in total. The van der Waals surface area contributed by atoms with Crippen LogP contribution in [-0.2, 0) is 14.3 Å². The number of carbonyl (C=O) groups excluding carboxylic acids is 2. The van der Waals surface area contributed by atoms with E-state index in [4.69, 9.17) is 9.47 Å². The fraction of sp³-hybridized carbons (Fsp3) is 0.615. The van der Waals surface area contributed by atoms with Crippen molar-refractivity contribution in [3.63, 3.8) is 0 Å². The van der Waals surface area contributed by atoms with Gasteiger partial charge in [-0.05, 0) is 13.8 Å². The molecule has 1 aliphatic rings. The van der Waals surface area contributed by atoms with Crippen LogP contribution in [0.3, 0.4) is 0 Å². The van der Waals surface area contributed by atoms with Crippen LogP contribution in [0.5, 0.6) is 0 Å². The lowest BCUT2D eigenvalue weighted by Crippen LogP contribution is -2.55. The summed E-state index contributed by atoms with van der Waals surface area (Å²) in [7, 11) is 0. The third-order valence-corrected chi connectivity index (χ3v) is 3.16. The highest BCUT2D eigenvalue weighted by Crippen LogP contribution is 2.53. The zero-order chi connectivity index (χ0) is 15.7. The third kappa shape index (κ3) is 3.37. The highest BCUT2D eigenvalue weighted by molar-refractivity contribution is 5.79. The molecule has 1 aromatic heterocycles. The highest BCUT2D eigenvalue weighted by atomic mass is 19.3. The van der Waals surface area contributed by atoms with Crippen LogP contribution in [0.25, 0.3) is 0 Å². The molecule has 1 saturated carbocycles. The molecule has 1 aliphatic carbocycles. The summed E-state index contributed by atoms with van der Waals surface area (Å²) < 4.78 is 37.3. The lowest BCUT2D eigenvalue weighted by Gasteiger charge is -2.44. The number of imidazole rings is 1. The van der Waals surface area contributed by atoms with Crippen molar-refractivity contribution in [1.82, 2.24) is 9.55 Å². The fourth-order valence-electron chi connectivity index (χ4n) is 2.22. The second kappa shape index (κ2) is 5.42. The van der Waals surface area contributed by atoms with Crippen LogP contribution in [-0.4, -0.2) is 40.2 Å². The molecule has 0 atom stereocenters. The summed E-state index contributed by atoms with van der Waals surface area (Å²) in [5.74, 6) is -3.70. The Labute approximate surface area is 120 Å². The lowest BCUT2D eigenvalue weighted by atomic mass is 9.66. The number of aromatic nitrogens is 2. The summed E-state index contributed by atoms with van der Waals surface area (Å²) in [6.07, 6.45) is 1.40. The summed E-state index contributed by atoms with van der Waals surface area (Å²) in [6, 6.07) is 0. The molecule has 0 bridgehead atoms. The fourth-order valence-corrected chi connectivity index (χ4v) is 2.22. The molecule has 21 heavy (non-hydrogen) atoms. The smallest absolute Gasteiger partial charge is 0.419 e. The van der Waals surface area contributed by atoms with Crippen LogP contribution in [0.1, 0.15) is 26.7 Å². The van der Waals surface area contributed by atoms with Gasteiger partial charge in [0.25, 0.3) is 5.92 Å². The van der Waals surface area contributed by atoms with Crippen molar-refractivity contribution in [3.05, 3.63) is 18.7 Å². The van der Waals surface area contributed by atoms with Gasteiger partial charge in [0.2, 0.25) is 0 Å². The van der Waals surface area contributed by atoms with Crippen LogP contribution in [0.15, 0.2) is 18.7 Å². The van der Waals surface area contributed by atoms with Gasteiger partial charge in [0, 0.05) is 25.2 Å². The Morgan fingerprint density at radius 2 is 2.05 bits per heavy atom. The SMILES string of the molecule is CC(C)OC(=O)C1(COC(=O)n2ccnc2)CC(F)(F)C1. The van der Waals surface area contributed by atoms with Crippen molar-refractivity contribution < 1.29 is 27.8 Å². The lowest BCUT2D eigenvalue weighted by molar-refractivity contribution is -0.209. The van der Waals surface area contributed by atoms with E-state index in [1.54, 1.807) is 13.8 Å². The van der Waals surface area contributed by atoms with E-state index < -0.39 is 49.0 Å². The normalized spacial score (nSPS) is 18.9. The van der Waals surface area contributed by atoms with E-state index in [0.717, 1.165) is 4.57 Å². The van der Waals surface area contributed by atoms with E-state index in [1.165, 1.54) is 18.7 Å². The quantitative estimate of drug-likeness (QED) is 0.798. The molecule has 0 aliphatic heterocycles. The molecule has 0 unspecified atom stereocenters.